The van der Waals surface area contributed by atoms with Crippen molar-refractivity contribution in [3.05, 3.63) is 0 Å². The Labute approximate surface area is 85.6 Å². The Hall–Kier alpha value is -0.210. The second-order valence-corrected chi connectivity index (χ2v) is 4.91. The smallest absolute Gasteiger partial charge is 0.278 e. The molecule has 0 aliphatic carbocycles. The van der Waals surface area contributed by atoms with Crippen LogP contribution in [0.5, 0.6) is 0 Å². The summed E-state index contributed by atoms with van der Waals surface area (Å²) in [7, 11) is -0.329. The van der Waals surface area contributed by atoms with Gasteiger partial charge in [0.05, 0.1) is 6.61 Å². The highest BCUT2D eigenvalue weighted by Gasteiger charge is 2.10. The van der Waals surface area contributed by atoms with Gasteiger partial charge in [-0.3, -0.25) is 0 Å². The van der Waals surface area contributed by atoms with E-state index in [1.54, 1.807) is 0 Å². The Morgan fingerprint density at radius 2 is 2.00 bits per heavy atom. The monoisotopic (exact) mass is 225 g/mol. The third kappa shape index (κ3) is 6.28. The second kappa shape index (κ2) is 7.13. The molecule has 3 N–H and O–H groups in total. The van der Waals surface area contributed by atoms with Crippen LogP contribution in [0.1, 0.15) is 6.42 Å². The fraction of sp³-hybridized carbons (Fsp3) is 1.00. The Kier molecular flexibility index (Phi) is 7.02. The summed E-state index contributed by atoms with van der Waals surface area (Å²) >= 11 is 0. The van der Waals surface area contributed by atoms with E-state index >= 15 is 0 Å². The van der Waals surface area contributed by atoms with Crippen LogP contribution in [-0.4, -0.2) is 53.1 Å². The van der Waals surface area contributed by atoms with Crippen LogP contribution in [0.4, 0.5) is 0 Å². The van der Waals surface area contributed by atoms with E-state index in [1.807, 2.05) is 0 Å². The molecule has 86 valence electrons. The molecule has 0 saturated carbocycles. The summed E-state index contributed by atoms with van der Waals surface area (Å²) in [6.07, 6.45) is 0.646. The Bertz CT molecular complexity index is 228. The number of ether oxygens (including phenoxy) is 1. The largest absolute Gasteiger partial charge is 0.380 e. The van der Waals surface area contributed by atoms with Crippen LogP contribution in [0.15, 0.2) is 0 Å². The molecule has 0 fully saturated rings. The molecule has 14 heavy (non-hydrogen) atoms. The van der Waals surface area contributed by atoms with Gasteiger partial charge in [0.1, 0.15) is 0 Å². The predicted molar refractivity (Wildman–Crippen MR) is 55.1 cm³/mol. The van der Waals surface area contributed by atoms with Gasteiger partial charge in [0.2, 0.25) is 0 Å². The molecule has 0 atom stereocenters. The van der Waals surface area contributed by atoms with Crippen LogP contribution < -0.4 is 10.5 Å². The van der Waals surface area contributed by atoms with Crippen LogP contribution in [0.3, 0.4) is 0 Å². The van der Waals surface area contributed by atoms with Crippen LogP contribution in [0.25, 0.3) is 0 Å². The summed E-state index contributed by atoms with van der Waals surface area (Å²) in [6.45, 7) is 1.90. The minimum Gasteiger partial charge on any atom is -0.380 e. The molecule has 6 nitrogen and oxygen atoms in total. The van der Waals surface area contributed by atoms with E-state index in [9.17, 15) is 8.42 Å². The normalized spacial score (nSPS) is 12.3. The number of hydrogen-bond acceptors (Lipinski definition) is 4. The van der Waals surface area contributed by atoms with Gasteiger partial charge >= 0.3 is 0 Å². The summed E-state index contributed by atoms with van der Waals surface area (Å²) in [5.41, 5.74) is 5.21. The van der Waals surface area contributed by atoms with E-state index in [1.165, 1.54) is 14.1 Å². The van der Waals surface area contributed by atoms with Crippen molar-refractivity contribution < 1.29 is 13.2 Å². The van der Waals surface area contributed by atoms with Gasteiger partial charge in [-0.05, 0) is 6.42 Å². The molecular weight excluding hydrogens is 206 g/mol. The SMILES string of the molecule is CN(C)S(=O)(=O)NCCCOCCN. The van der Waals surface area contributed by atoms with Gasteiger partial charge in [-0.15, -0.1) is 0 Å². The summed E-state index contributed by atoms with van der Waals surface area (Å²) in [4.78, 5) is 0. The molecule has 0 aliphatic heterocycles. The number of hydrogen-bond donors (Lipinski definition) is 2. The first-order valence-corrected chi connectivity index (χ1v) is 5.89. The lowest BCUT2D eigenvalue weighted by molar-refractivity contribution is 0.140. The zero-order valence-corrected chi connectivity index (χ0v) is 9.51. The van der Waals surface area contributed by atoms with Crippen LogP contribution in [0, 0.1) is 0 Å². The number of nitrogens with two attached hydrogens (primary N) is 1. The average Bonchev–Trinajstić information content (AvgIpc) is 2.10. The van der Waals surface area contributed by atoms with Gasteiger partial charge in [-0.25, -0.2) is 4.72 Å². The highest BCUT2D eigenvalue weighted by molar-refractivity contribution is 7.87. The second-order valence-electron chi connectivity index (χ2n) is 2.94. The lowest BCUT2D eigenvalue weighted by Crippen LogP contribution is -2.36. The Morgan fingerprint density at radius 3 is 2.50 bits per heavy atom. The molecule has 0 heterocycles. The molecule has 0 saturated heterocycles. The molecule has 0 rings (SSSR count). The summed E-state index contributed by atoms with van der Waals surface area (Å²) in [5, 5.41) is 0. The van der Waals surface area contributed by atoms with Gasteiger partial charge in [0, 0.05) is 33.8 Å². The van der Waals surface area contributed by atoms with Crippen molar-refractivity contribution in [2.24, 2.45) is 5.73 Å². The first kappa shape index (κ1) is 13.8. The maximum atomic E-state index is 11.2. The highest BCUT2D eigenvalue weighted by Crippen LogP contribution is 1.88. The topological polar surface area (TPSA) is 84.7 Å². The lowest BCUT2D eigenvalue weighted by atomic mass is 10.5. The first-order valence-electron chi connectivity index (χ1n) is 4.45. The van der Waals surface area contributed by atoms with Crippen molar-refractivity contribution >= 4 is 10.2 Å². The minimum absolute atomic E-state index is 0.380. The summed E-state index contributed by atoms with van der Waals surface area (Å²) < 4.78 is 31.0. The van der Waals surface area contributed by atoms with Gasteiger partial charge in [-0.1, -0.05) is 0 Å². The predicted octanol–water partition coefficient (Wildman–Crippen LogP) is -1.25. The standard InChI is InChI=1S/C7H19N3O3S/c1-10(2)14(11,12)9-5-3-6-13-7-4-8/h9H,3-8H2,1-2H3. The Balaban J connectivity index is 3.46. The van der Waals surface area contributed by atoms with E-state index in [4.69, 9.17) is 10.5 Å². The fourth-order valence-electron chi connectivity index (χ4n) is 0.690. The lowest BCUT2D eigenvalue weighted by Gasteiger charge is -2.11. The summed E-state index contributed by atoms with van der Waals surface area (Å²) in [5.74, 6) is 0. The third-order valence-corrected chi connectivity index (χ3v) is 3.02. The number of rotatable bonds is 8. The first-order chi connectivity index (χ1) is 6.50. The third-order valence-electron chi connectivity index (χ3n) is 1.49. The van der Waals surface area contributed by atoms with Crippen molar-refractivity contribution in [3.8, 4) is 0 Å². The molecule has 0 unspecified atom stereocenters. The van der Waals surface area contributed by atoms with E-state index in [2.05, 4.69) is 4.72 Å². The molecule has 0 aliphatic rings. The van der Waals surface area contributed by atoms with Crippen LogP contribution >= 0.6 is 0 Å². The Morgan fingerprint density at radius 1 is 1.36 bits per heavy atom. The highest BCUT2D eigenvalue weighted by atomic mass is 32.2. The molecule has 0 amide bonds. The molecular formula is C7H19N3O3S. The maximum absolute atomic E-state index is 11.2. The molecule has 7 heteroatoms. The number of nitrogens with zero attached hydrogens (tertiary/aromatic N) is 1. The average molecular weight is 225 g/mol. The van der Waals surface area contributed by atoms with Crippen molar-refractivity contribution in [2.75, 3.05) is 40.4 Å². The number of nitrogens with one attached hydrogen (secondary N) is 1. The van der Waals surface area contributed by atoms with Gasteiger partial charge in [-0.2, -0.15) is 12.7 Å². The maximum Gasteiger partial charge on any atom is 0.278 e. The van der Waals surface area contributed by atoms with E-state index < -0.39 is 10.2 Å². The van der Waals surface area contributed by atoms with E-state index in [0.717, 1.165) is 4.31 Å². The van der Waals surface area contributed by atoms with Gasteiger partial charge in [0.25, 0.3) is 10.2 Å². The quantitative estimate of drug-likeness (QED) is 0.505. The fourth-order valence-corrected chi connectivity index (χ4v) is 1.35. The van der Waals surface area contributed by atoms with Crippen molar-refractivity contribution in [2.45, 2.75) is 6.42 Å². The molecule has 0 aromatic carbocycles. The molecule has 0 aromatic heterocycles. The molecule has 0 bridgehead atoms. The van der Waals surface area contributed by atoms with Crippen molar-refractivity contribution in [1.82, 2.24) is 9.03 Å². The zero-order valence-electron chi connectivity index (χ0n) is 8.69. The summed E-state index contributed by atoms with van der Waals surface area (Å²) in [6, 6.07) is 0. The molecule has 0 radical (unpaired) electrons. The molecule has 0 aromatic rings. The van der Waals surface area contributed by atoms with Gasteiger partial charge in [0.15, 0.2) is 0 Å². The minimum atomic E-state index is -3.29. The zero-order chi connectivity index (χ0) is 11.0. The van der Waals surface area contributed by atoms with Crippen LogP contribution in [-0.2, 0) is 14.9 Å². The van der Waals surface area contributed by atoms with E-state index in [0.29, 0.717) is 32.7 Å². The van der Waals surface area contributed by atoms with Crippen molar-refractivity contribution in [3.63, 3.8) is 0 Å². The van der Waals surface area contributed by atoms with Crippen LogP contribution in [0.2, 0.25) is 0 Å². The van der Waals surface area contributed by atoms with Crippen molar-refractivity contribution in [1.29, 1.82) is 0 Å². The molecule has 0 spiro atoms. The van der Waals surface area contributed by atoms with E-state index in [-0.39, 0.29) is 0 Å². The van der Waals surface area contributed by atoms with Gasteiger partial charge < -0.3 is 10.5 Å².